The van der Waals surface area contributed by atoms with Gasteiger partial charge in [0.1, 0.15) is 5.78 Å². The molecule has 2 rings (SSSR count). The zero-order valence-electron chi connectivity index (χ0n) is 11.4. The first-order chi connectivity index (χ1) is 10.0. The highest BCUT2D eigenvalue weighted by atomic mass is 16.6. The minimum Gasteiger partial charge on any atom is -0.299 e. The summed E-state index contributed by atoms with van der Waals surface area (Å²) in [7, 11) is 0. The van der Waals surface area contributed by atoms with Gasteiger partial charge in [-0.1, -0.05) is 24.6 Å². The molecule has 1 aromatic carbocycles. The Morgan fingerprint density at radius 1 is 1.19 bits per heavy atom. The summed E-state index contributed by atoms with van der Waals surface area (Å²) in [5.74, 6) is -1.24. The van der Waals surface area contributed by atoms with Crippen molar-refractivity contribution < 1.29 is 14.6 Å². The Hall–Kier alpha value is -2.31. The van der Waals surface area contributed by atoms with Crippen molar-refractivity contribution in [2.24, 2.45) is 5.92 Å². The largest absolute Gasteiger partial charge is 0.299 e. The molecule has 0 aromatic heterocycles. The number of carbonyl (C=O) groups is 1. The molecule has 21 heavy (non-hydrogen) atoms. The van der Waals surface area contributed by atoms with E-state index in [2.05, 4.69) is 0 Å². The SMILES string of the molecule is O=C1CCCC[C@H]1[C@H](C[N+](=O)[O-])c1ccccc1[N+](=O)[O-]. The Labute approximate surface area is 121 Å². The van der Waals surface area contributed by atoms with Crippen molar-refractivity contribution in [2.75, 3.05) is 6.54 Å². The van der Waals surface area contributed by atoms with Crippen LogP contribution < -0.4 is 0 Å². The van der Waals surface area contributed by atoms with Gasteiger partial charge in [0, 0.05) is 28.9 Å². The standard InChI is InChI=1S/C14H16N2O5/c17-14-8-4-2-6-11(14)12(9-15(18)19)10-5-1-3-7-13(10)16(20)21/h1,3,5,7,11-12H,2,4,6,8-9H2/t11-,12+/m0/s1. The molecule has 7 nitrogen and oxygen atoms in total. The molecular weight excluding hydrogens is 276 g/mol. The average Bonchev–Trinajstić information content (AvgIpc) is 2.45. The second kappa shape index (κ2) is 6.43. The van der Waals surface area contributed by atoms with E-state index in [4.69, 9.17) is 0 Å². The Kier molecular flexibility index (Phi) is 4.62. The fourth-order valence-corrected chi connectivity index (χ4v) is 3.01. The molecule has 1 aliphatic rings. The van der Waals surface area contributed by atoms with Gasteiger partial charge in [-0.3, -0.25) is 25.0 Å². The first-order valence-corrected chi connectivity index (χ1v) is 6.88. The summed E-state index contributed by atoms with van der Waals surface area (Å²) in [6, 6.07) is 5.99. The van der Waals surface area contributed by atoms with E-state index >= 15 is 0 Å². The fraction of sp³-hybridized carbons (Fsp3) is 0.500. The molecule has 0 bridgehead atoms. The summed E-state index contributed by atoms with van der Waals surface area (Å²) in [4.78, 5) is 33.1. The van der Waals surface area contributed by atoms with Gasteiger partial charge in [0.05, 0.1) is 10.8 Å². The molecule has 1 fully saturated rings. The lowest BCUT2D eigenvalue weighted by Gasteiger charge is -2.26. The molecule has 0 heterocycles. The predicted molar refractivity (Wildman–Crippen MR) is 74.7 cm³/mol. The quantitative estimate of drug-likeness (QED) is 0.613. The van der Waals surface area contributed by atoms with Gasteiger partial charge >= 0.3 is 0 Å². The maximum atomic E-state index is 12.1. The molecular formula is C14H16N2O5. The van der Waals surface area contributed by atoms with Gasteiger partial charge in [-0.05, 0) is 12.8 Å². The lowest BCUT2D eigenvalue weighted by Crippen LogP contribution is -2.30. The van der Waals surface area contributed by atoms with Crippen molar-refractivity contribution in [1.82, 2.24) is 0 Å². The van der Waals surface area contributed by atoms with Gasteiger partial charge in [-0.15, -0.1) is 0 Å². The first kappa shape index (κ1) is 15.1. The Morgan fingerprint density at radius 2 is 1.90 bits per heavy atom. The smallest absolute Gasteiger partial charge is 0.273 e. The highest BCUT2D eigenvalue weighted by Gasteiger charge is 2.37. The van der Waals surface area contributed by atoms with Crippen molar-refractivity contribution in [3.8, 4) is 0 Å². The summed E-state index contributed by atoms with van der Waals surface area (Å²) in [5.41, 5.74) is 0.141. The molecule has 7 heteroatoms. The summed E-state index contributed by atoms with van der Waals surface area (Å²) in [5, 5.41) is 22.1. The van der Waals surface area contributed by atoms with Crippen LogP contribution in [0.15, 0.2) is 24.3 Å². The van der Waals surface area contributed by atoms with Crippen LogP contribution in [0.1, 0.15) is 37.2 Å². The number of hydrogen-bond acceptors (Lipinski definition) is 5. The third-order valence-corrected chi connectivity index (χ3v) is 3.97. The van der Waals surface area contributed by atoms with Gasteiger partial charge < -0.3 is 0 Å². The monoisotopic (exact) mass is 292 g/mol. The van der Waals surface area contributed by atoms with Crippen LogP contribution in [-0.4, -0.2) is 22.2 Å². The van der Waals surface area contributed by atoms with E-state index in [9.17, 15) is 25.0 Å². The van der Waals surface area contributed by atoms with E-state index in [1.807, 2.05) is 0 Å². The number of rotatable bonds is 5. The van der Waals surface area contributed by atoms with Crippen LogP contribution in [0.25, 0.3) is 0 Å². The number of nitro groups is 2. The number of carbonyl (C=O) groups excluding carboxylic acids is 1. The number of ketones is 1. The van der Waals surface area contributed by atoms with E-state index in [-0.39, 0.29) is 11.5 Å². The molecule has 0 N–H and O–H groups in total. The molecule has 0 unspecified atom stereocenters. The lowest BCUT2D eigenvalue weighted by atomic mass is 9.75. The first-order valence-electron chi connectivity index (χ1n) is 6.88. The van der Waals surface area contributed by atoms with E-state index in [0.29, 0.717) is 18.4 Å². The molecule has 0 saturated heterocycles. The fourth-order valence-electron chi connectivity index (χ4n) is 3.01. The third kappa shape index (κ3) is 3.42. The molecule has 1 aromatic rings. The minimum atomic E-state index is -0.727. The predicted octanol–water partition coefficient (Wildman–Crippen LogP) is 2.71. The number of Topliss-reactive ketones (excluding diaryl/α,β-unsaturated/α-hetero) is 1. The molecule has 112 valence electrons. The topological polar surface area (TPSA) is 103 Å². The molecule has 0 spiro atoms. The highest BCUT2D eigenvalue weighted by molar-refractivity contribution is 5.82. The van der Waals surface area contributed by atoms with Crippen LogP contribution >= 0.6 is 0 Å². The zero-order valence-corrected chi connectivity index (χ0v) is 11.4. The van der Waals surface area contributed by atoms with Crippen molar-refractivity contribution in [2.45, 2.75) is 31.6 Å². The zero-order chi connectivity index (χ0) is 15.4. The molecule has 1 saturated carbocycles. The summed E-state index contributed by atoms with van der Waals surface area (Å²) in [6.45, 7) is -0.457. The molecule has 2 atom stereocenters. The Morgan fingerprint density at radius 3 is 2.52 bits per heavy atom. The second-order valence-electron chi connectivity index (χ2n) is 5.26. The summed E-state index contributed by atoms with van der Waals surface area (Å²) in [6.07, 6.45) is 2.57. The van der Waals surface area contributed by atoms with E-state index < -0.39 is 28.2 Å². The van der Waals surface area contributed by atoms with Gasteiger partial charge in [0.15, 0.2) is 0 Å². The van der Waals surface area contributed by atoms with Crippen LogP contribution in [0.2, 0.25) is 0 Å². The number of hydrogen-bond donors (Lipinski definition) is 0. The van der Waals surface area contributed by atoms with Crippen LogP contribution in [-0.2, 0) is 4.79 Å². The van der Waals surface area contributed by atoms with Crippen LogP contribution in [0.5, 0.6) is 0 Å². The van der Waals surface area contributed by atoms with E-state index in [1.54, 1.807) is 6.07 Å². The Bertz CT molecular complexity index is 572. The lowest BCUT2D eigenvalue weighted by molar-refractivity contribution is -0.485. The van der Waals surface area contributed by atoms with Crippen molar-refractivity contribution >= 4 is 11.5 Å². The van der Waals surface area contributed by atoms with Crippen LogP contribution in [0, 0.1) is 26.1 Å². The van der Waals surface area contributed by atoms with Crippen molar-refractivity contribution in [3.63, 3.8) is 0 Å². The molecule has 0 radical (unpaired) electrons. The van der Waals surface area contributed by atoms with Gasteiger partial charge in [0.2, 0.25) is 6.54 Å². The number of benzene rings is 1. The van der Waals surface area contributed by atoms with Crippen LogP contribution in [0.4, 0.5) is 5.69 Å². The normalized spacial score (nSPS) is 20.0. The molecule has 0 aliphatic heterocycles. The van der Waals surface area contributed by atoms with Gasteiger partial charge in [-0.25, -0.2) is 0 Å². The average molecular weight is 292 g/mol. The number of nitrogens with zero attached hydrogens (tertiary/aromatic N) is 2. The third-order valence-electron chi connectivity index (χ3n) is 3.97. The summed E-state index contributed by atoms with van der Waals surface area (Å²) >= 11 is 0. The highest BCUT2D eigenvalue weighted by Crippen LogP contribution is 2.37. The molecule has 0 amide bonds. The van der Waals surface area contributed by atoms with Gasteiger partial charge in [-0.2, -0.15) is 0 Å². The summed E-state index contributed by atoms with van der Waals surface area (Å²) < 4.78 is 0. The Balaban J connectivity index is 2.42. The second-order valence-corrected chi connectivity index (χ2v) is 5.26. The van der Waals surface area contributed by atoms with Crippen molar-refractivity contribution in [3.05, 3.63) is 50.1 Å². The van der Waals surface area contributed by atoms with Crippen molar-refractivity contribution in [1.29, 1.82) is 0 Å². The maximum Gasteiger partial charge on any atom is 0.273 e. The van der Waals surface area contributed by atoms with Gasteiger partial charge in [0.25, 0.3) is 5.69 Å². The molecule has 1 aliphatic carbocycles. The van der Waals surface area contributed by atoms with Crippen LogP contribution in [0.3, 0.4) is 0 Å². The number of para-hydroxylation sites is 1. The van der Waals surface area contributed by atoms with E-state index in [0.717, 1.165) is 12.8 Å². The minimum absolute atomic E-state index is 0.0220. The van der Waals surface area contributed by atoms with E-state index in [1.165, 1.54) is 18.2 Å². The number of nitro benzene ring substituents is 1. The maximum absolute atomic E-state index is 12.1.